The Morgan fingerprint density at radius 3 is 1.56 bits per heavy atom. The van der Waals surface area contributed by atoms with Gasteiger partial charge in [-0.05, 0) is 54.9 Å². The highest BCUT2D eigenvalue weighted by atomic mass is 31.2. The monoisotopic (exact) mass is 516 g/mol. The average molecular weight is 517 g/mol. The molecule has 0 N–H and O–H groups in total. The molecule has 0 spiro atoms. The van der Waals surface area contributed by atoms with E-state index in [0.29, 0.717) is 37.2 Å². The predicted molar refractivity (Wildman–Crippen MR) is 148 cm³/mol. The first-order valence-electron chi connectivity index (χ1n) is 13.5. The van der Waals surface area contributed by atoms with E-state index in [1.54, 1.807) is 6.92 Å². The van der Waals surface area contributed by atoms with Gasteiger partial charge in [-0.2, -0.15) is 0 Å². The second kappa shape index (κ2) is 13.9. The number of hydrogen-bond acceptors (Lipinski definition) is 5. The molecule has 36 heavy (non-hydrogen) atoms. The van der Waals surface area contributed by atoms with Crippen LogP contribution in [0.5, 0.6) is 11.5 Å². The van der Waals surface area contributed by atoms with Crippen molar-refractivity contribution < 1.29 is 23.1 Å². The van der Waals surface area contributed by atoms with Gasteiger partial charge in [-0.25, -0.2) is 4.57 Å². The number of carbonyl (C=O) groups excluding carboxylic acids is 1. The molecule has 0 unspecified atom stereocenters. The number of rotatable bonds is 15. The zero-order valence-electron chi connectivity index (χ0n) is 23.2. The van der Waals surface area contributed by atoms with Crippen molar-refractivity contribution in [3.8, 4) is 11.5 Å². The van der Waals surface area contributed by atoms with Crippen LogP contribution in [0.4, 0.5) is 0 Å². The summed E-state index contributed by atoms with van der Waals surface area (Å²) in [6.07, 6.45) is 3.84. The van der Waals surface area contributed by atoms with Gasteiger partial charge in [0.15, 0.2) is 5.16 Å². The van der Waals surface area contributed by atoms with Crippen molar-refractivity contribution in [1.82, 2.24) is 0 Å². The van der Waals surface area contributed by atoms with Gasteiger partial charge in [0.2, 0.25) is 0 Å². The molecule has 0 aliphatic rings. The molecule has 0 saturated carbocycles. The Kier molecular flexibility index (Phi) is 11.6. The summed E-state index contributed by atoms with van der Waals surface area (Å²) in [5.74, 6) is 0.750. The van der Waals surface area contributed by atoms with Crippen molar-refractivity contribution in [3.63, 3.8) is 0 Å². The van der Waals surface area contributed by atoms with Crippen LogP contribution in [0.15, 0.2) is 48.5 Å². The van der Waals surface area contributed by atoms with Gasteiger partial charge in [0.05, 0.1) is 6.61 Å². The smallest absolute Gasteiger partial charge is 0.448 e. The van der Waals surface area contributed by atoms with E-state index in [1.807, 2.05) is 48.5 Å². The van der Waals surface area contributed by atoms with E-state index in [-0.39, 0.29) is 18.4 Å². The molecule has 0 aliphatic heterocycles. The summed E-state index contributed by atoms with van der Waals surface area (Å²) in [4.78, 5) is 13.8. The summed E-state index contributed by atoms with van der Waals surface area (Å²) in [5.41, 5.74) is 1.84. The molecule has 0 heterocycles. The average Bonchev–Trinajstić information content (AvgIpc) is 2.84. The molecule has 5 nitrogen and oxygen atoms in total. The van der Waals surface area contributed by atoms with Gasteiger partial charge in [0, 0.05) is 0 Å². The van der Waals surface area contributed by atoms with E-state index in [0.717, 1.165) is 24.0 Å². The molecule has 0 atom stereocenters. The summed E-state index contributed by atoms with van der Waals surface area (Å²) < 4.78 is 33.9. The lowest BCUT2D eigenvalue weighted by molar-refractivity contribution is -0.147. The molecule has 0 amide bonds. The van der Waals surface area contributed by atoms with E-state index < -0.39 is 18.7 Å². The quantitative estimate of drug-likeness (QED) is 0.174. The van der Waals surface area contributed by atoms with E-state index in [4.69, 9.17) is 13.8 Å². The van der Waals surface area contributed by atoms with E-state index >= 15 is 4.57 Å². The van der Waals surface area contributed by atoms with E-state index in [9.17, 15) is 4.79 Å². The van der Waals surface area contributed by atoms with Crippen LogP contribution >= 0.6 is 7.60 Å². The summed E-state index contributed by atoms with van der Waals surface area (Å²) in [5, 5.41) is -1.41. The zero-order valence-corrected chi connectivity index (χ0v) is 24.1. The summed E-state index contributed by atoms with van der Waals surface area (Å²) in [7, 11) is -4.16. The fourth-order valence-corrected chi connectivity index (χ4v) is 6.84. The van der Waals surface area contributed by atoms with Crippen molar-refractivity contribution in [2.75, 3.05) is 6.61 Å². The normalized spacial score (nSPS) is 12.1. The van der Waals surface area contributed by atoms with Crippen molar-refractivity contribution in [1.29, 1.82) is 0 Å². The SMILES string of the molecule is CCCCC(CCCC)(C(=O)OCC)P(=O)(Oc1ccccc1C(C)C)Oc1ccccc1C(C)C. The highest BCUT2D eigenvalue weighted by molar-refractivity contribution is 7.57. The van der Waals surface area contributed by atoms with Crippen LogP contribution in [-0.4, -0.2) is 17.7 Å². The van der Waals surface area contributed by atoms with Gasteiger partial charge in [0.1, 0.15) is 11.5 Å². The minimum absolute atomic E-state index is 0.140. The van der Waals surface area contributed by atoms with Crippen LogP contribution in [-0.2, 0) is 14.1 Å². The van der Waals surface area contributed by atoms with Crippen LogP contribution in [0.1, 0.15) is 110 Å². The lowest BCUT2D eigenvalue weighted by atomic mass is 9.95. The minimum Gasteiger partial charge on any atom is -0.465 e. The maximum atomic E-state index is 15.3. The maximum Gasteiger partial charge on any atom is 0.448 e. The van der Waals surface area contributed by atoms with Gasteiger partial charge in [-0.3, -0.25) is 4.79 Å². The highest BCUT2D eigenvalue weighted by Gasteiger charge is 2.60. The molecule has 0 radical (unpaired) electrons. The molecule has 0 bridgehead atoms. The molecule has 2 rings (SSSR count). The van der Waals surface area contributed by atoms with Crippen molar-refractivity contribution in [3.05, 3.63) is 59.7 Å². The second-order valence-electron chi connectivity index (χ2n) is 10.0. The predicted octanol–water partition coefficient (Wildman–Crippen LogP) is 9.27. The Labute approximate surface area is 218 Å². The number of unbranched alkanes of at least 4 members (excludes halogenated alkanes) is 2. The van der Waals surface area contributed by atoms with Crippen LogP contribution in [0.25, 0.3) is 0 Å². The lowest BCUT2D eigenvalue weighted by Crippen LogP contribution is -2.43. The van der Waals surface area contributed by atoms with Crippen LogP contribution in [0, 0.1) is 0 Å². The Balaban J connectivity index is 2.81. The zero-order chi connectivity index (χ0) is 26.8. The van der Waals surface area contributed by atoms with Crippen molar-refractivity contribution >= 4 is 13.6 Å². The van der Waals surface area contributed by atoms with Crippen LogP contribution in [0.2, 0.25) is 0 Å². The van der Waals surface area contributed by atoms with Gasteiger partial charge >= 0.3 is 13.6 Å². The fourth-order valence-electron chi connectivity index (χ4n) is 4.45. The number of benzene rings is 2. The molecular weight excluding hydrogens is 471 g/mol. The van der Waals surface area contributed by atoms with Crippen LogP contribution in [0.3, 0.4) is 0 Å². The van der Waals surface area contributed by atoms with E-state index in [2.05, 4.69) is 41.5 Å². The Bertz CT molecular complexity index is 948. The fraction of sp³-hybridized carbons (Fsp3) is 0.567. The number of carbonyl (C=O) groups is 1. The molecule has 2 aromatic carbocycles. The van der Waals surface area contributed by atoms with Gasteiger partial charge < -0.3 is 13.8 Å². The summed E-state index contributed by atoms with van der Waals surface area (Å²) >= 11 is 0. The first-order chi connectivity index (χ1) is 17.2. The summed E-state index contributed by atoms with van der Waals surface area (Å²) in [6.45, 7) is 14.4. The minimum atomic E-state index is -4.16. The number of hydrogen-bond donors (Lipinski definition) is 0. The standard InChI is InChI=1S/C30H45O5P/c1-8-11-21-30(22-12-9-2,29(31)33-10-3)36(32,34-27-19-15-13-17-25(27)23(4)5)35-28-20-16-14-18-26(28)24(6)7/h13-20,23-24H,8-12,21-22H2,1-7H3. The van der Waals surface area contributed by atoms with Crippen molar-refractivity contribution in [2.24, 2.45) is 0 Å². The topological polar surface area (TPSA) is 61.8 Å². The largest absolute Gasteiger partial charge is 0.465 e. The lowest BCUT2D eigenvalue weighted by Gasteiger charge is -2.38. The molecule has 6 heteroatoms. The Morgan fingerprint density at radius 1 is 0.778 bits per heavy atom. The first-order valence-corrected chi connectivity index (χ1v) is 15.0. The van der Waals surface area contributed by atoms with Gasteiger partial charge in [-0.15, -0.1) is 0 Å². The number of para-hydroxylation sites is 2. The first kappa shape index (κ1) is 30.0. The number of ether oxygens (including phenoxy) is 1. The Morgan fingerprint density at radius 2 is 1.19 bits per heavy atom. The van der Waals surface area contributed by atoms with E-state index in [1.165, 1.54) is 0 Å². The molecule has 2 aromatic rings. The molecule has 0 aromatic heterocycles. The maximum absolute atomic E-state index is 15.3. The third-order valence-corrected chi connectivity index (χ3v) is 9.14. The van der Waals surface area contributed by atoms with Gasteiger partial charge in [0.25, 0.3) is 0 Å². The molecule has 0 saturated heterocycles. The highest BCUT2D eigenvalue weighted by Crippen LogP contribution is 2.64. The number of esters is 1. The third kappa shape index (κ3) is 6.94. The third-order valence-electron chi connectivity index (χ3n) is 6.59. The summed E-state index contributed by atoms with van der Waals surface area (Å²) in [6, 6.07) is 15.2. The van der Waals surface area contributed by atoms with Gasteiger partial charge in [-0.1, -0.05) is 104 Å². The molecule has 200 valence electrons. The van der Waals surface area contributed by atoms with Crippen molar-refractivity contribution in [2.45, 2.75) is 104 Å². The Hall–Kier alpha value is -2.26. The molecular formula is C30H45O5P. The van der Waals surface area contributed by atoms with Crippen LogP contribution < -0.4 is 9.05 Å². The molecule has 0 aliphatic carbocycles. The molecule has 0 fully saturated rings. The second-order valence-corrected chi connectivity index (χ2v) is 12.2.